The molecule has 9 heteroatoms. The lowest BCUT2D eigenvalue weighted by atomic mass is 9.81. The highest BCUT2D eigenvalue weighted by atomic mass is 19.3. The van der Waals surface area contributed by atoms with Crippen LogP contribution in [0.5, 0.6) is 0 Å². The summed E-state index contributed by atoms with van der Waals surface area (Å²) in [6, 6.07) is 5.97. The van der Waals surface area contributed by atoms with Gasteiger partial charge in [0.15, 0.2) is 5.82 Å². The highest BCUT2D eigenvalue weighted by molar-refractivity contribution is 5.86. The van der Waals surface area contributed by atoms with Crippen LogP contribution in [0.15, 0.2) is 35.5 Å². The van der Waals surface area contributed by atoms with E-state index in [1.807, 2.05) is 6.07 Å². The van der Waals surface area contributed by atoms with Gasteiger partial charge in [0, 0.05) is 18.1 Å². The van der Waals surface area contributed by atoms with Gasteiger partial charge >= 0.3 is 0 Å². The molecule has 0 bridgehead atoms. The Kier molecular flexibility index (Phi) is 5.42. The molecule has 2 aliphatic rings. The molecule has 1 aromatic heterocycles. The first-order valence-corrected chi connectivity index (χ1v) is 9.83. The fraction of sp³-hybridized carbons (Fsp3) is 0.429. The summed E-state index contributed by atoms with van der Waals surface area (Å²) in [6.07, 6.45) is -0.364. The molecule has 1 aromatic carbocycles. The number of hydrogen-bond donors (Lipinski definition) is 3. The fourth-order valence-corrected chi connectivity index (χ4v) is 4.03. The number of fused-ring (bicyclic) bond motifs is 1. The highest BCUT2D eigenvalue weighted by Crippen LogP contribution is 2.41. The second kappa shape index (κ2) is 7.88. The van der Waals surface area contributed by atoms with E-state index >= 15 is 0 Å². The summed E-state index contributed by atoms with van der Waals surface area (Å²) in [4.78, 5) is 8.83. The Morgan fingerprint density at radius 1 is 1.33 bits per heavy atom. The molecule has 3 heterocycles. The minimum absolute atomic E-state index is 0.103. The van der Waals surface area contributed by atoms with Crippen LogP contribution in [0.25, 0.3) is 0 Å². The minimum atomic E-state index is -2.91. The average Bonchev–Trinajstić information content (AvgIpc) is 3.21. The Balaban J connectivity index is 1.75. The number of pyridine rings is 1. The summed E-state index contributed by atoms with van der Waals surface area (Å²) in [6.45, 7) is 4.72. The van der Waals surface area contributed by atoms with Crippen LogP contribution in [0.4, 0.5) is 24.7 Å². The standard InChI is InChI=1S/C21H24F3N5O/c1-11(15-4-3-5-16(18(15)22)19(23)24)21(25)17-8-14(28-13-6-7-30-10-13)9-26-20(17)27-12(2)29-21/h3-5,8-9,11,13,19,28H,6-7,10,25H2,1-2H3,(H,26,27,29)/t11-,13+,21?/m1/s1. The van der Waals surface area contributed by atoms with E-state index in [-0.39, 0.29) is 11.6 Å². The maximum atomic E-state index is 14.9. The second-order valence-corrected chi connectivity index (χ2v) is 7.76. The van der Waals surface area contributed by atoms with Crippen molar-refractivity contribution in [2.75, 3.05) is 18.5 Å². The lowest BCUT2D eigenvalue weighted by Crippen LogP contribution is -2.57. The zero-order valence-electron chi connectivity index (χ0n) is 16.8. The Morgan fingerprint density at radius 3 is 2.80 bits per heavy atom. The van der Waals surface area contributed by atoms with Gasteiger partial charge in [0.25, 0.3) is 6.43 Å². The molecule has 1 unspecified atom stereocenters. The first kappa shape index (κ1) is 20.6. The summed E-state index contributed by atoms with van der Waals surface area (Å²) in [7, 11) is 0. The normalized spacial score (nSPS) is 24.2. The van der Waals surface area contributed by atoms with Crippen molar-refractivity contribution in [3.8, 4) is 0 Å². The van der Waals surface area contributed by atoms with E-state index in [9.17, 15) is 13.2 Å². The number of nitrogens with one attached hydrogen (secondary N) is 2. The van der Waals surface area contributed by atoms with Crippen molar-refractivity contribution in [3.63, 3.8) is 0 Å². The van der Waals surface area contributed by atoms with Gasteiger partial charge in [0.1, 0.15) is 17.3 Å². The minimum Gasteiger partial charge on any atom is -0.379 e. The maximum absolute atomic E-state index is 14.9. The van der Waals surface area contributed by atoms with Gasteiger partial charge in [-0.05, 0) is 25.0 Å². The maximum Gasteiger partial charge on any atom is 0.266 e. The summed E-state index contributed by atoms with van der Waals surface area (Å²) in [5, 5.41) is 6.49. The summed E-state index contributed by atoms with van der Waals surface area (Å²) >= 11 is 0. The van der Waals surface area contributed by atoms with Crippen molar-refractivity contribution in [3.05, 3.63) is 53.0 Å². The number of benzene rings is 1. The summed E-state index contributed by atoms with van der Waals surface area (Å²) < 4.78 is 46.7. The molecular weight excluding hydrogens is 395 g/mol. The molecule has 0 spiro atoms. The Labute approximate surface area is 172 Å². The van der Waals surface area contributed by atoms with Crippen LogP contribution in [0.2, 0.25) is 0 Å². The van der Waals surface area contributed by atoms with Crippen LogP contribution in [0.3, 0.4) is 0 Å². The quantitative estimate of drug-likeness (QED) is 0.684. The number of amidine groups is 1. The molecule has 0 radical (unpaired) electrons. The monoisotopic (exact) mass is 419 g/mol. The van der Waals surface area contributed by atoms with Gasteiger partial charge in [-0.25, -0.2) is 23.1 Å². The molecule has 4 N–H and O–H groups in total. The van der Waals surface area contributed by atoms with Crippen LogP contribution in [0.1, 0.15) is 49.3 Å². The zero-order valence-corrected chi connectivity index (χ0v) is 16.8. The smallest absolute Gasteiger partial charge is 0.266 e. The molecule has 4 rings (SSSR count). The highest BCUT2D eigenvalue weighted by Gasteiger charge is 2.41. The van der Waals surface area contributed by atoms with Gasteiger partial charge in [-0.15, -0.1) is 0 Å². The topological polar surface area (TPSA) is 84.6 Å². The number of ether oxygens (including phenoxy) is 1. The zero-order chi connectivity index (χ0) is 21.5. The van der Waals surface area contributed by atoms with Crippen molar-refractivity contribution < 1.29 is 17.9 Å². The number of nitrogens with zero attached hydrogens (tertiary/aromatic N) is 2. The average molecular weight is 419 g/mol. The van der Waals surface area contributed by atoms with E-state index < -0.39 is 29.4 Å². The van der Waals surface area contributed by atoms with E-state index in [1.54, 1.807) is 20.0 Å². The lowest BCUT2D eigenvalue weighted by molar-refractivity contribution is 0.145. The third-order valence-corrected chi connectivity index (χ3v) is 5.72. The van der Waals surface area contributed by atoms with Gasteiger partial charge in [0.2, 0.25) is 0 Å². The van der Waals surface area contributed by atoms with E-state index in [1.165, 1.54) is 12.1 Å². The fourth-order valence-electron chi connectivity index (χ4n) is 4.03. The lowest BCUT2D eigenvalue weighted by Gasteiger charge is -2.40. The third kappa shape index (κ3) is 3.63. The molecule has 0 saturated carbocycles. The number of anilines is 1. The van der Waals surface area contributed by atoms with Crippen LogP contribution in [-0.2, 0) is 10.4 Å². The van der Waals surface area contributed by atoms with Crippen molar-refractivity contribution in [2.24, 2.45) is 10.7 Å². The number of alkyl halides is 2. The molecule has 30 heavy (non-hydrogen) atoms. The van der Waals surface area contributed by atoms with E-state index in [0.717, 1.165) is 18.2 Å². The van der Waals surface area contributed by atoms with Crippen LogP contribution in [-0.4, -0.2) is 30.1 Å². The Morgan fingerprint density at radius 2 is 2.10 bits per heavy atom. The molecule has 1 saturated heterocycles. The van der Waals surface area contributed by atoms with E-state index in [0.29, 0.717) is 30.4 Å². The molecule has 3 atom stereocenters. The number of aromatic nitrogens is 1. The molecule has 1 fully saturated rings. The Hall–Kier alpha value is -2.65. The number of hydrogen-bond acceptors (Lipinski definition) is 6. The molecule has 6 nitrogen and oxygen atoms in total. The third-order valence-electron chi connectivity index (χ3n) is 5.72. The number of nitrogens with two attached hydrogens (primary N) is 1. The molecule has 0 amide bonds. The van der Waals surface area contributed by atoms with Gasteiger partial charge in [0.05, 0.1) is 30.1 Å². The van der Waals surface area contributed by atoms with Gasteiger partial charge < -0.3 is 21.1 Å². The molecule has 2 aliphatic heterocycles. The summed E-state index contributed by atoms with van der Waals surface area (Å²) in [5.41, 5.74) is 6.24. The largest absolute Gasteiger partial charge is 0.379 e. The van der Waals surface area contributed by atoms with E-state index in [2.05, 4.69) is 20.6 Å². The first-order chi connectivity index (χ1) is 14.3. The first-order valence-electron chi connectivity index (χ1n) is 9.83. The van der Waals surface area contributed by atoms with Crippen LogP contribution in [0, 0.1) is 5.82 Å². The number of aliphatic imine (C=N–C) groups is 1. The Bertz CT molecular complexity index is 977. The van der Waals surface area contributed by atoms with Crippen molar-refractivity contribution in [1.82, 2.24) is 10.3 Å². The van der Waals surface area contributed by atoms with Gasteiger partial charge in [-0.2, -0.15) is 0 Å². The number of halogens is 3. The van der Waals surface area contributed by atoms with Crippen LogP contribution >= 0.6 is 0 Å². The second-order valence-electron chi connectivity index (χ2n) is 7.76. The molecular formula is C21H24F3N5O. The van der Waals surface area contributed by atoms with Gasteiger partial charge in [-0.3, -0.25) is 0 Å². The molecule has 0 aliphatic carbocycles. The predicted molar refractivity (Wildman–Crippen MR) is 109 cm³/mol. The predicted octanol–water partition coefficient (Wildman–Crippen LogP) is 3.93. The number of rotatable bonds is 5. The van der Waals surface area contributed by atoms with Crippen molar-refractivity contribution in [2.45, 2.75) is 44.3 Å². The van der Waals surface area contributed by atoms with Crippen LogP contribution < -0.4 is 16.4 Å². The van der Waals surface area contributed by atoms with Gasteiger partial charge in [-0.1, -0.05) is 25.1 Å². The van der Waals surface area contributed by atoms with Crippen molar-refractivity contribution in [1.29, 1.82) is 0 Å². The molecule has 2 aromatic rings. The van der Waals surface area contributed by atoms with Crippen molar-refractivity contribution >= 4 is 17.3 Å². The van der Waals surface area contributed by atoms with E-state index in [4.69, 9.17) is 10.5 Å². The SMILES string of the molecule is CC1=Nc2ncc(N[C@H]3CCOC3)cc2C(N)([C@H](C)c2cccc(C(F)F)c2F)N1. The molecule has 160 valence electrons. The summed E-state index contributed by atoms with van der Waals surface area (Å²) in [5.74, 6) is -0.704.